The third-order valence-electron chi connectivity index (χ3n) is 12.7. The van der Waals surface area contributed by atoms with Crippen molar-refractivity contribution in [2.24, 2.45) is 5.92 Å². The second-order valence-electron chi connectivity index (χ2n) is 18.3. The minimum absolute atomic E-state index is 0.0734. The maximum absolute atomic E-state index is 12.4. The van der Waals surface area contributed by atoms with Gasteiger partial charge >= 0.3 is 0 Å². The summed E-state index contributed by atoms with van der Waals surface area (Å²) in [5.74, 6) is 0.493. The monoisotopic (exact) mass is 1100 g/mol. The van der Waals surface area contributed by atoms with Gasteiger partial charge in [-0.05, 0) is 191 Å². The second-order valence-corrected chi connectivity index (χ2v) is 19.6. The number of nitrogens with one attached hydrogen (secondary N) is 3. The van der Waals surface area contributed by atoms with Gasteiger partial charge in [0, 0.05) is 37.2 Å². The number of amides is 3. The van der Waals surface area contributed by atoms with E-state index in [0.29, 0.717) is 33.6 Å². The summed E-state index contributed by atoms with van der Waals surface area (Å²) in [6.45, 7) is 8.39. The SMILES string of the molecule is CC1Cc2ccccc2C1.CCc1cccc(-c2ccc(C(=O)Nc3ccccc3N)cc2)c1.Cc1ccccc1NC(=O)c1ccc(-c2cccc(C=O)c2)cc1.Cc1ccccc1NC(=O)c1ccc(I)cc1. The number of aldehydes is 1. The smallest absolute Gasteiger partial charge is 0.255 e. The van der Waals surface area contributed by atoms with Gasteiger partial charge in [0.1, 0.15) is 6.29 Å². The van der Waals surface area contributed by atoms with Crippen LogP contribution in [0.2, 0.25) is 0 Å². The lowest BCUT2D eigenvalue weighted by atomic mass is 10.0. The van der Waals surface area contributed by atoms with Gasteiger partial charge in [0.2, 0.25) is 0 Å². The molecule has 10 rings (SSSR count). The summed E-state index contributed by atoms with van der Waals surface area (Å²) in [4.78, 5) is 47.6. The lowest BCUT2D eigenvalue weighted by Crippen LogP contribution is -2.12. The topological polar surface area (TPSA) is 130 Å². The number of carbonyl (C=O) groups excluding carboxylic acids is 4. The Labute approximate surface area is 454 Å². The molecule has 0 radical (unpaired) electrons. The largest absolute Gasteiger partial charge is 0.397 e. The van der Waals surface area contributed by atoms with Crippen LogP contribution in [0.3, 0.4) is 0 Å². The molecule has 0 spiro atoms. The summed E-state index contributed by atoms with van der Waals surface area (Å²) in [5, 5.41) is 8.66. The van der Waals surface area contributed by atoms with Gasteiger partial charge in [-0.15, -0.1) is 0 Å². The van der Waals surface area contributed by atoms with E-state index in [1.165, 1.54) is 18.4 Å². The van der Waals surface area contributed by atoms with Crippen LogP contribution in [0.5, 0.6) is 0 Å². The number of hydrogen-bond acceptors (Lipinski definition) is 5. The maximum Gasteiger partial charge on any atom is 0.255 e. The van der Waals surface area contributed by atoms with E-state index in [-0.39, 0.29) is 17.7 Å². The highest BCUT2D eigenvalue weighted by molar-refractivity contribution is 14.1. The summed E-state index contributed by atoms with van der Waals surface area (Å²) >= 11 is 2.22. The molecule has 75 heavy (non-hydrogen) atoms. The summed E-state index contributed by atoms with van der Waals surface area (Å²) in [5.41, 5.74) is 21.9. The highest BCUT2D eigenvalue weighted by Crippen LogP contribution is 2.27. The first-order chi connectivity index (χ1) is 36.4. The molecule has 3 amide bonds. The molecule has 0 heterocycles. The minimum Gasteiger partial charge on any atom is -0.397 e. The van der Waals surface area contributed by atoms with Crippen molar-refractivity contribution in [3.63, 3.8) is 0 Å². The Bertz CT molecular complexity index is 3350. The number of carbonyl (C=O) groups is 4. The average molecular weight is 1100 g/mol. The van der Waals surface area contributed by atoms with Gasteiger partial charge in [0.05, 0.1) is 11.4 Å². The maximum atomic E-state index is 12.4. The van der Waals surface area contributed by atoms with E-state index in [2.05, 4.69) is 101 Å². The molecule has 0 unspecified atom stereocenters. The quantitative estimate of drug-likeness (QED) is 0.0616. The van der Waals surface area contributed by atoms with E-state index in [9.17, 15) is 19.2 Å². The van der Waals surface area contributed by atoms with Crippen LogP contribution in [0.4, 0.5) is 22.7 Å². The van der Waals surface area contributed by atoms with Crippen LogP contribution in [0, 0.1) is 23.3 Å². The Balaban J connectivity index is 0.000000152. The van der Waals surface area contributed by atoms with Gasteiger partial charge in [0.25, 0.3) is 17.7 Å². The van der Waals surface area contributed by atoms with Gasteiger partial charge in [-0.3, -0.25) is 19.2 Å². The standard InChI is InChI=1S/C21H20N2O.C21H17NO2.C14H12INO.C10H12/c1-2-15-6-5-7-18(14-15)16-10-12-17(13-11-16)21(24)23-20-9-4-3-8-19(20)22;1-15-5-2-3-8-20(15)22-21(24)18-11-9-17(10-12-18)19-7-4-6-16(13-19)14-23;1-10-4-2-3-5-13(10)16-14(17)11-6-8-12(15)9-7-11;1-8-6-9-4-2-3-5-10(9)7-8/h3-14H,2,22H2,1H3,(H,23,24);2-14H,1H3,(H,22,24);2-9H,1H3,(H,16,17);2-5,8H,6-7H2,1H3. The van der Waals surface area contributed by atoms with Crippen molar-refractivity contribution in [2.45, 2.75) is 47.0 Å². The van der Waals surface area contributed by atoms with E-state index in [0.717, 1.165) is 67.0 Å². The van der Waals surface area contributed by atoms with Crippen molar-refractivity contribution in [3.8, 4) is 22.3 Å². The molecule has 0 saturated carbocycles. The zero-order chi connectivity index (χ0) is 53.1. The zero-order valence-corrected chi connectivity index (χ0v) is 44.8. The van der Waals surface area contributed by atoms with Gasteiger partial charge in [-0.1, -0.05) is 153 Å². The lowest BCUT2D eigenvalue weighted by Gasteiger charge is -2.09. The number of nitrogen functional groups attached to an aromatic ring is 1. The number of benzene rings is 9. The lowest BCUT2D eigenvalue weighted by molar-refractivity contribution is 0.101. The first-order valence-corrected chi connectivity index (χ1v) is 26.0. The Morgan fingerprint density at radius 1 is 0.493 bits per heavy atom. The third-order valence-corrected chi connectivity index (χ3v) is 13.4. The van der Waals surface area contributed by atoms with Crippen molar-refractivity contribution in [1.29, 1.82) is 0 Å². The van der Waals surface area contributed by atoms with Gasteiger partial charge < -0.3 is 21.7 Å². The molecule has 0 aromatic heterocycles. The normalized spacial score (nSPS) is 11.2. The average Bonchev–Trinajstić information content (AvgIpc) is 3.83. The van der Waals surface area contributed by atoms with E-state index in [1.54, 1.807) is 41.5 Å². The first kappa shape index (κ1) is 54.4. The number of nitrogens with two attached hydrogens (primary N) is 1. The fraction of sp³-hybridized carbons (Fsp3) is 0.121. The van der Waals surface area contributed by atoms with Crippen LogP contribution in [-0.2, 0) is 19.3 Å². The number of halogens is 1. The summed E-state index contributed by atoms with van der Waals surface area (Å²) < 4.78 is 1.12. The molecule has 0 fully saturated rings. The third kappa shape index (κ3) is 15.8. The predicted molar refractivity (Wildman–Crippen MR) is 318 cm³/mol. The molecule has 1 aliphatic rings. The van der Waals surface area contributed by atoms with Crippen LogP contribution >= 0.6 is 22.6 Å². The molecule has 0 bridgehead atoms. The molecule has 9 aromatic rings. The second kappa shape index (κ2) is 27.0. The highest BCUT2D eigenvalue weighted by Gasteiger charge is 2.16. The summed E-state index contributed by atoms with van der Waals surface area (Å²) in [6.07, 6.45) is 4.41. The molecule has 0 saturated heterocycles. The number of fused-ring (bicyclic) bond motifs is 1. The molecule has 0 atom stereocenters. The summed E-state index contributed by atoms with van der Waals surface area (Å²) in [7, 11) is 0. The fourth-order valence-electron chi connectivity index (χ4n) is 8.39. The summed E-state index contributed by atoms with van der Waals surface area (Å²) in [6, 6.07) is 69.7. The Kier molecular flexibility index (Phi) is 19.6. The first-order valence-electron chi connectivity index (χ1n) is 24.9. The number of rotatable bonds is 10. The minimum atomic E-state index is -0.165. The Morgan fingerprint density at radius 3 is 1.37 bits per heavy atom. The van der Waals surface area contributed by atoms with Crippen molar-refractivity contribution in [3.05, 3.63) is 272 Å². The molecule has 9 heteroatoms. The predicted octanol–water partition coefficient (Wildman–Crippen LogP) is 15.8. The molecular formula is C66H61IN4O4. The zero-order valence-electron chi connectivity index (χ0n) is 42.6. The molecular weight excluding hydrogens is 1040 g/mol. The molecule has 376 valence electrons. The van der Waals surface area contributed by atoms with Crippen LogP contribution in [0.1, 0.15) is 83.1 Å². The van der Waals surface area contributed by atoms with Crippen LogP contribution in [-0.4, -0.2) is 24.0 Å². The Hall–Kier alpha value is -8.41. The molecule has 0 aliphatic heterocycles. The van der Waals surface area contributed by atoms with E-state index < -0.39 is 0 Å². The molecule has 8 nitrogen and oxygen atoms in total. The van der Waals surface area contributed by atoms with Crippen molar-refractivity contribution in [2.75, 3.05) is 21.7 Å². The molecule has 9 aromatic carbocycles. The molecule has 5 N–H and O–H groups in total. The number of para-hydroxylation sites is 4. The number of anilines is 4. The van der Waals surface area contributed by atoms with E-state index >= 15 is 0 Å². The van der Waals surface area contributed by atoms with Crippen LogP contribution in [0.25, 0.3) is 22.3 Å². The van der Waals surface area contributed by atoms with E-state index in [1.807, 2.05) is 153 Å². The van der Waals surface area contributed by atoms with Gasteiger partial charge in [-0.2, -0.15) is 0 Å². The van der Waals surface area contributed by atoms with Gasteiger partial charge in [0.15, 0.2) is 0 Å². The van der Waals surface area contributed by atoms with Gasteiger partial charge in [-0.25, -0.2) is 0 Å². The van der Waals surface area contributed by atoms with Crippen molar-refractivity contribution in [1.82, 2.24) is 0 Å². The highest BCUT2D eigenvalue weighted by atomic mass is 127. The van der Waals surface area contributed by atoms with Crippen LogP contribution in [0.15, 0.2) is 218 Å². The van der Waals surface area contributed by atoms with Crippen LogP contribution < -0.4 is 21.7 Å². The van der Waals surface area contributed by atoms with Crippen molar-refractivity contribution < 1.29 is 19.2 Å². The molecule has 1 aliphatic carbocycles. The fourth-order valence-corrected chi connectivity index (χ4v) is 8.75. The number of hydrogen-bond donors (Lipinski definition) is 4. The van der Waals surface area contributed by atoms with Crippen molar-refractivity contribution >= 4 is 69.3 Å². The Morgan fingerprint density at radius 2 is 0.907 bits per heavy atom. The van der Waals surface area contributed by atoms with E-state index in [4.69, 9.17) is 5.73 Å². The number of aryl methyl sites for hydroxylation is 3.